The van der Waals surface area contributed by atoms with E-state index in [1.165, 1.54) is 37.7 Å². The Balaban J connectivity index is 1.60. The molecule has 5 heteroatoms. The number of benzene rings is 1. The second kappa shape index (κ2) is 6.24. The quantitative estimate of drug-likeness (QED) is 0.742. The lowest BCUT2D eigenvalue weighted by atomic mass is 9.85. The molecule has 0 aliphatic heterocycles. The van der Waals surface area contributed by atoms with Crippen LogP contribution >= 0.6 is 0 Å². The molecule has 1 aromatic carbocycles. The number of aromatic hydroxyl groups is 1. The van der Waals surface area contributed by atoms with Crippen molar-refractivity contribution in [2.24, 2.45) is 0 Å². The summed E-state index contributed by atoms with van der Waals surface area (Å²) in [5.41, 5.74) is 3.77. The van der Waals surface area contributed by atoms with E-state index in [9.17, 15) is 5.11 Å². The molecule has 2 heterocycles. The minimum absolute atomic E-state index is 0.356. The first kappa shape index (κ1) is 15.6. The number of phenols is 1. The lowest BCUT2D eigenvalue weighted by Gasteiger charge is -2.24. The maximum Gasteiger partial charge on any atom is 0.158 e. The van der Waals surface area contributed by atoms with Crippen LogP contribution in [0.1, 0.15) is 43.2 Å². The first-order chi connectivity index (χ1) is 12.8. The minimum atomic E-state index is 0.356. The van der Waals surface area contributed by atoms with Crippen molar-refractivity contribution in [3.8, 4) is 17.0 Å². The molecule has 26 heavy (non-hydrogen) atoms. The number of aromatic nitrogens is 3. The van der Waals surface area contributed by atoms with Gasteiger partial charge in [-0.25, -0.2) is 0 Å². The summed E-state index contributed by atoms with van der Waals surface area (Å²) >= 11 is 0. The maximum absolute atomic E-state index is 10.7. The van der Waals surface area contributed by atoms with E-state index in [-0.39, 0.29) is 0 Å². The topological polar surface area (TPSA) is 70.9 Å². The summed E-state index contributed by atoms with van der Waals surface area (Å²) in [4.78, 5) is 4.30. The highest BCUT2D eigenvalue weighted by Gasteiger charge is 2.23. The molecule has 0 spiro atoms. The zero-order valence-electron chi connectivity index (χ0n) is 14.7. The smallest absolute Gasteiger partial charge is 0.158 e. The number of rotatable bonds is 3. The van der Waals surface area contributed by atoms with E-state index in [2.05, 4.69) is 26.6 Å². The van der Waals surface area contributed by atoms with Gasteiger partial charge < -0.3 is 10.4 Å². The molecule has 1 fully saturated rings. The number of anilines is 1. The number of hydrogen-bond donors (Lipinski definition) is 2. The highest BCUT2D eigenvalue weighted by atomic mass is 16.3. The fraction of sp³-hybridized carbons (Fsp3) is 0.381. The molecule has 5 nitrogen and oxygen atoms in total. The second-order valence-corrected chi connectivity index (χ2v) is 7.40. The molecule has 0 unspecified atom stereocenters. The van der Waals surface area contributed by atoms with Gasteiger partial charge in [-0.2, -0.15) is 0 Å². The van der Waals surface area contributed by atoms with E-state index < -0.39 is 0 Å². The fourth-order valence-electron chi connectivity index (χ4n) is 4.21. The van der Waals surface area contributed by atoms with Crippen LogP contribution in [0.3, 0.4) is 0 Å². The van der Waals surface area contributed by atoms with Crippen molar-refractivity contribution >= 4 is 16.6 Å². The van der Waals surface area contributed by atoms with Crippen molar-refractivity contribution in [2.75, 3.05) is 5.32 Å². The van der Waals surface area contributed by atoms with Crippen LogP contribution in [0.15, 0.2) is 30.6 Å². The number of nitrogens with zero attached hydrogens (tertiary/aromatic N) is 3. The molecular weight excluding hydrogens is 324 g/mol. The summed E-state index contributed by atoms with van der Waals surface area (Å²) in [6.45, 7) is 0. The Labute approximate surface area is 152 Å². The molecule has 3 aromatic rings. The maximum atomic E-state index is 10.7. The molecule has 5 rings (SSSR count). The van der Waals surface area contributed by atoms with Gasteiger partial charge in [0.05, 0.1) is 0 Å². The van der Waals surface area contributed by atoms with Gasteiger partial charge in [0.25, 0.3) is 0 Å². The van der Waals surface area contributed by atoms with Crippen LogP contribution < -0.4 is 5.32 Å². The Morgan fingerprint density at radius 3 is 2.65 bits per heavy atom. The third kappa shape index (κ3) is 2.50. The normalized spacial score (nSPS) is 16.9. The first-order valence-corrected chi connectivity index (χ1v) is 9.52. The van der Waals surface area contributed by atoms with Crippen LogP contribution in [0.5, 0.6) is 5.75 Å². The number of aryl methyl sites for hydroxylation is 1. The fourth-order valence-corrected chi connectivity index (χ4v) is 4.21. The van der Waals surface area contributed by atoms with Crippen molar-refractivity contribution in [3.05, 3.63) is 41.7 Å². The molecule has 132 valence electrons. The van der Waals surface area contributed by atoms with E-state index in [4.69, 9.17) is 0 Å². The lowest BCUT2D eigenvalue weighted by molar-refractivity contribution is 0.461. The van der Waals surface area contributed by atoms with Gasteiger partial charge in [-0.1, -0.05) is 25.3 Å². The summed E-state index contributed by atoms with van der Waals surface area (Å²) in [5, 5.41) is 25.2. The predicted octanol–water partition coefficient (Wildman–Crippen LogP) is 4.24. The molecule has 0 bridgehead atoms. The minimum Gasteiger partial charge on any atom is -0.507 e. The van der Waals surface area contributed by atoms with Crippen LogP contribution in [-0.4, -0.2) is 26.3 Å². The largest absolute Gasteiger partial charge is 0.507 e. The predicted molar refractivity (Wildman–Crippen MR) is 102 cm³/mol. The molecule has 0 saturated heterocycles. The van der Waals surface area contributed by atoms with Crippen molar-refractivity contribution in [1.82, 2.24) is 15.2 Å². The number of nitrogens with one attached hydrogen (secondary N) is 1. The Morgan fingerprint density at radius 1 is 0.962 bits per heavy atom. The number of pyridine rings is 1. The molecule has 1 saturated carbocycles. The Hall–Kier alpha value is -2.69. The van der Waals surface area contributed by atoms with Crippen LogP contribution in [0, 0.1) is 0 Å². The summed E-state index contributed by atoms with van der Waals surface area (Å²) in [6, 6.07) is 6.48. The average Bonchev–Trinajstić information content (AvgIpc) is 2.65. The highest BCUT2D eigenvalue weighted by molar-refractivity contribution is 6.00. The standard InChI is InChI=1S/C21H22N4O/c26-20-15-8-6-13(15)7-9-17(20)19-16-10-11-22-12-18(16)21(25-24-19)23-14-4-2-1-3-5-14/h7,9-12,14,26H,1-6,8H2,(H,23,25). The van der Waals surface area contributed by atoms with Gasteiger partial charge in [0.1, 0.15) is 11.4 Å². The number of fused-ring (bicyclic) bond motifs is 2. The summed E-state index contributed by atoms with van der Waals surface area (Å²) in [7, 11) is 0. The Morgan fingerprint density at radius 2 is 1.85 bits per heavy atom. The van der Waals surface area contributed by atoms with Crippen LogP contribution in [0.25, 0.3) is 22.0 Å². The monoisotopic (exact) mass is 346 g/mol. The molecule has 0 atom stereocenters. The SMILES string of the molecule is Oc1c(-c2nnc(NC3CCCCC3)c3cnccc23)ccc2c1CC2. The lowest BCUT2D eigenvalue weighted by Crippen LogP contribution is -2.23. The summed E-state index contributed by atoms with van der Waals surface area (Å²) in [5.74, 6) is 1.15. The molecular formula is C21H22N4O. The number of hydrogen-bond acceptors (Lipinski definition) is 5. The zero-order valence-corrected chi connectivity index (χ0v) is 14.7. The van der Waals surface area contributed by atoms with Gasteiger partial charge in [0.2, 0.25) is 0 Å². The van der Waals surface area contributed by atoms with Gasteiger partial charge in [-0.05, 0) is 48.9 Å². The molecule has 0 amide bonds. The van der Waals surface area contributed by atoms with Crippen molar-refractivity contribution in [1.29, 1.82) is 0 Å². The average molecular weight is 346 g/mol. The van der Waals surface area contributed by atoms with Crippen LogP contribution in [0.2, 0.25) is 0 Å². The third-order valence-electron chi connectivity index (χ3n) is 5.81. The van der Waals surface area contributed by atoms with Crippen LogP contribution in [-0.2, 0) is 12.8 Å². The number of phenolic OH excluding ortho intramolecular Hbond substituents is 1. The highest BCUT2D eigenvalue weighted by Crippen LogP contribution is 2.41. The third-order valence-corrected chi connectivity index (χ3v) is 5.81. The molecule has 2 aliphatic rings. The zero-order chi connectivity index (χ0) is 17.5. The summed E-state index contributed by atoms with van der Waals surface area (Å²) in [6.07, 6.45) is 11.8. The van der Waals surface area contributed by atoms with Crippen molar-refractivity contribution in [2.45, 2.75) is 51.0 Å². The van der Waals surface area contributed by atoms with E-state index in [0.717, 1.165) is 46.3 Å². The van der Waals surface area contributed by atoms with Gasteiger partial charge in [-0.3, -0.25) is 4.98 Å². The van der Waals surface area contributed by atoms with Gasteiger partial charge in [0, 0.05) is 34.8 Å². The second-order valence-electron chi connectivity index (χ2n) is 7.40. The van der Waals surface area contributed by atoms with E-state index in [1.807, 2.05) is 18.3 Å². The Bertz CT molecular complexity index is 979. The van der Waals surface area contributed by atoms with Gasteiger partial charge >= 0.3 is 0 Å². The summed E-state index contributed by atoms with van der Waals surface area (Å²) < 4.78 is 0. The van der Waals surface area contributed by atoms with Gasteiger partial charge in [0.15, 0.2) is 5.82 Å². The Kier molecular flexibility index (Phi) is 3.73. The van der Waals surface area contributed by atoms with E-state index >= 15 is 0 Å². The molecule has 0 radical (unpaired) electrons. The van der Waals surface area contributed by atoms with E-state index in [0.29, 0.717) is 11.8 Å². The van der Waals surface area contributed by atoms with Gasteiger partial charge in [-0.15, -0.1) is 10.2 Å². The molecule has 2 aromatic heterocycles. The first-order valence-electron chi connectivity index (χ1n) is 9.52. The van der Waals surface area contributed by atoms with Crippen molar-refractivity contribution < 1.29 is 5.11 Å². The van der Waals surface area contributed by atoms with Crippen molar-refractivity contribution in [3.63, 3.8) is 0 Å². The molecule has 2 aliphatic carbocycles. The van der Waals surface area contributed by atoms with Crippen LogP contribution in [0.4, 0.5) is 5.82 Å². The molecule has 2 N–H and O–H groups in total. The van der Waals surface area contributed by atoms with E-state index in [1.54, 1.807) is 6.20 Å².